The average molecular weight is 238 g/mol. The van der Waals surface area contributed by atoms with Crippen molar-refractivity contribution < 1.29 is 4.79 Å². The van der Waals surface area contributed by atoms with E-state index in [0.29, 0.717) is 11.3 Å². The second-order valence-corrected chi connectivity index (χ2v) is 3.95. The lowest BCUT2D eigenvalue weighted by Crippen LogP contribution is -2.12. The fourth-order valence-corrected chi connectivity index (χ4v) is 1.68. The minimum Gasteiger partial charge on any atom is -0.399 e. The van der Waals surface area contributed by atoms with Crippen molar-refractivity contribution in [2.45, 2.75) is 0 Å². The number of anilines is 1. The lowest BCUT2D eigenvalue weighted by molar-refractivity contribution is 0.1000. The lowest BCUT2D eigenvalue weighted by Gasteiger charge is -2.03. The number of benzene rings is 2. The predicted octanol–water partition coefficient (Wildman–Crippen LogP) is 2.54. The van der Waals surface area contributed by atoms with Crippen molar-refractivity contribution in [2.75, 3.05) is 5.73 Å². The van der Waals surface area contributed by atoms with Gasteiger partial charge in [-0.2, -0.15) is 0 Å². The fraction of sp³-hybridized carbons (Fsp3) is 0. The molecule has 0 unspecified atom stereocenters. The zero-order valence-electron chi connectivity index (χ0n) is 9.84. The Morgan fingerprint density at radius 3 is 2.39 bits per heavy atom. The van der Waals surface area contributed by atoms with Crippen LogP contribution in [0.25, 0.3) is 12.2 Å². The molecule has 2 rings (SSSR count). The number of amides is 1. The van der Waals surface area contributed by atoms with E-state index in [0.717, 1.165) is 11.1 Å². The number of hydrogen-bond donors (Lipinski definition) is 2. The summed E-state index contributed by atoms with van der Waals surface area (Å²) in [4.78, 5) is 11.3. The summed E-state index contributed by atoms with van der Waals surface area (Å²) in [5.41, 5.74) is 13.8. The molecule has 1 amide bonds. The standard InChI is InChI=1S/C15H14N2O/c16-13-9-8-12(14(10-13)15(17)18)7-6-11-4-2-1-3-5-11/h1-10H,16H2,(H2,17,18)/b7-6+. The summed E-state index contributed by atoms with van der Waals surface area (Å²) in [7, 11) is 0. The Morgan fingerprint density at radius 1 is 1.00 bits per heavy atom. The second kappa shape index (κ2) is 5.19. The summed E-state index contributed by atoms with van der Waals surface area (Å²) in [5, 5.41) is 0. The van der Waals surface area contributed by atoms with E-state index in [4.69, 9.17) is 11.5 Å². The molecule has 3 nitrogen and oxygen atoms in total. The lowest BCUT2D eigenvalue weighted by atomic mass is 10.0. The molecule has 0 aliphatic rings. The number of primary amides is 1. The van der Waals surface area contributed by atoms with Gasteiger partial charge in [-0.3, -0.25) is 4.79 Å². The van der Waals surface area contributed by atoms with Crippen LogP contribution in [0.2, 0.25) is 0 Å². The Hall–Kier alpha value is -2.55. The molecule has 0 spiro atoms. The molecule has 3 heteroatoms. The molecule has 0 bridgehead atoms. The maximum absolute atomic E-state index is 11.3. The Labute approximate surface area is 106 Å². The minimum atomic E-state index is -0.477. The van der Waals surface area contributed by atoms with Crippen LogP contribution in [-0.4, -0.2) is 5.91 Å². The predicted molar refractivity (Wildman–Crippen MR) is 74.7 cm³/mol. The van der Waals surface area contributed by atoms with Crippen molar-refractivity contribution in [3.05, 3.63) is 65.2 Å². The molecule has 18 heavy (non-hydrogen) atoms. The normalized spacial score (nSPS) is 10.7. The third kappa shape index (κ3) is 2.77. The average Bonchev–Trinajstić information content (AvgIpc) is 2.38. The largest absolute Gasteiger partial charge is 0.399 e. The van der Waals surface area contributed by atoms with Gasteiger partial charge in [-0.05, 0) is 23.3 Å². The number of rotatable bonds is 3. The molecule has 4 N–H and O–H groups in total. The van der Waals surface area contributed by atoms with Crippen LogP contribution in [0.5, 0.6) is 0 Å². The first-order valence-corrected chi connectivity index (χ1v) is 5.59. The topological polar surface area (TPSA) is 69.1 Å². The van der Waals surface area contributed by atoms with Crippen LogP contribution in [-0.2, 0) is 0 Å². The SMILES string of the molecule is NC(=O)c1cc(N)ccc1/C=C/c1ccccc1. The van der Waals surface area contributed by atoms with E-state index in [1.54, 1.807) is 18.2 Å². The second-order valence-electron chi connectivity index (χ2n) is 3.95. The van der Waals surface area contributed by atoms with Gasteiger partial charge in [-0.15, -0.1) is 0 Å². The van der Waals surface area contributed by atoms with Crippen molar-refractivity contribution in [2.24, 2.45) is 5.73 Å². The molecular formula is C15H14N2O. The van der Waals surface area contributed by atoms with Crippen LogP contribution >= 0.6 is 0 Å². The first-order chi connectivity index (χ1) is 8.66. The van der Waals surface area contributed by atoms with Crippen LogP contribution < -0.4 is 11.5 Å². The van der Waals surface area contributed by atoms with Crippen LogP contribution in [0.3, 0.4) is 0 Å². The zero-order valence-corrected chi connectivity index (χ0v) is 9.84. The number of nitrogen functional groups attached to an aromatic ring is 1. The van der Waals surface area contributed by atoms with Gasteiger partial charge in [0.1, 0.15) is 0 Å². The Bertz CT molecular complexity index is 589. The number of carbonyl (C=O) groups is 1. The maximum Gasteiger partial charge on any atom is 0.249 e. The van der Waals surface area contributed by atoms with E-state index in [9.17, 15) is 4.79 Å². The van der Waals surface area contributed by atoms with E-state index in [1.165, 1.54) is 0 Å². The van der Waals surface area contributed by atoms with Gasteiger partial charge < -0.3 is 11.5 Å². The smallest absolute Gasteiger partial charge is 0.249 e. The summed E-state index contributed by atoms with van der Waals surface area (Å²) >= 11 is 0. The summed E-state index contributed by atoms with van der Waals surface area (Å²) in [6, 6.07) is 15.0. The quantitative estimate of drug-likeness (QED) is 0.637. The molecule has 0 atom stereocenters. The molecule has 0 aromatic heterocycles. The van der Waals surface area contributed by atoms with Crippen molar-refractivity contribution in [1.29, 1.82) is 0 Å². The van der Waals surface area contributed by atoms with E-state index in [-0.39, 0.29) is 0 Å². The monoisotopic (exact) mass is 238 g/mol. The van der Waals surface area contributed by atoms with Crippen LogP contribution in [0.15, 0.2) is 48.5 Å². The van der Waals surface area contributed by atoms with Crippen LogP contribution in [0.1, 0.15) is 21.5 Å². The van der Waals surface area contributed by atoms with Crippen LogP contribution in [0.4, 0.5) is 5.69 Å². The fourth-order valence-electron chi connectivity index (χ4n) is 1.68. The highest BCUT2D eigenvalue weighted by atomic mass is 16.1. The van der Waals surface area contributed by atoms with Crippen molar-refractivity contribution in [1.82, 2.24) is 0 Å². The van der Waals surface area contributed by atoms with Gasteiger partial charge in [-0.25, -0.2) is 0 Å². The number of hydrogen-bond acceptors (Lipinski definition) is 2. The molecule has 0 heterocycles. The van der Waals surface area contributed by atoms with Crippen molar-refractivity contribution in [3.63, 3.8) is 0 Å². The Balaban J connectivity index is 2.35. The van der Waals surface area contributed by atoms with Gasteiger partial charge in [0, 0.05) is 11.3 Å². The Morgan fingerprint density at radius 2 is 1.72 bits per heavy atom. The maximum atomic E-state index is 11.3. The van der Waals surface area contributed by atoms with Crippen LogP contribution in [0, 0.1) is 0 Å². The zero-order chi connectivity index (χ0) is 13.0. The third-order valence-electron chi connectivity index (χ3n) is 2.60. The highest BCUT2D eigenvalue weighted by Gasteiger charge is 2.05. The molecule has 0 radical (unpaired) electrons. The molecule has 2 aromatic carbocycles. The van der Waals surface area contributed by atoms with Crippen molar-refractivity contribution >= 4 is 23.7 Å². The van der Waals surface area contributed by atoms with E-state index in [1.807, 2.05) is 42.5 Å². The molecule has 0 aliphatic heterocycles. The van der Waals surface area contributed by atoms with E-state index in [2.05, 4.69) is 0 Å². The molecule has 2 aromatic rings. The minimum absolute atomic E-state index is 0.433. The molecule has 0 aliphatic carbocycles. The summed E-state index contributed by atoms with van der Waals surface area (Å²) in [6.07, 6.45) is 3.78. The van der Waals surface area contributed by atoms with Gasteiger partial charge in [0.2, 0.25) is 5.91 Å². The van der Waals surface area contributed by atoms with Gasteiger partial charge in [0.05, 0.1) is 0 Å². The first-order valence-electron chi connectivity index (χ1n) is 5.59. The van der Waals surface area contributed by atoms with Gasteiger partial charge >= 0.3 is 0 Å². The first kappa shape index (κ1) is 11.9. The van der Waals surface area contributed by atoms with E-state index < -0.39 is 5.91 Å². The molecule has 90 valence electrons. The van der Waals surface area contributed by atoms with Crippen molar-refractivity contribution in [3.8, 4) is 0 Å². The highest BCUT2D eigenvalue weighted by molar-refractivity contribution is 5.98. The molecule has 0 fully saturated rings. The highest BCUT2D eigenvalue weighted by Crippen LogP contribution is 2.16. The van der Waals surface area contributed by atoms with Gasteiger partial charge in [0.15, 0.2) is 0 Å². The van der Waals surface area contributed by atoms with E-state index >= 15 is 0 Å². The third-order valence-corrected chi connectivity index (χ3v) is 2.60. The molecule has 0 saturated heterocycles. The molecule has 0 saturated carbocycles. The number of nitrogens with two attached hydrogens (primary N) is 2. The Kier molecular flexibility index (Phi) is 3.44. The van der Waals surface area contributed by atoms with Gasteiger partial charge in [-0.1, -0.05) is 48.6 Å². The molecular weight excluding hydrogens is 224 g/mol. The van der Waals surface area contributed by atoms with Gasteiger partial charge in [0.25, 0.3) is 0 Å². The number of carbonyl (C=O) groups excluding carboxylic acids is 1. The summed E-state index contributed by atoms with van der Waals surface area (Å²) < 4.78 is 0. The summed E-state index contributed by atoms with van der Waals surface area (Å²) in [5.74, 6) is -0.477. The summed E-state index contributed by atoms with van der Waals surface area (Å²) in [6.45, 7) is 0.